The average molecular weight is 881 g/mol. The lowest BCUT2D eigenvalue weighted by atomic mass is 9.49. The fourth-order valence-corrected chi connectivity index (χ4v) is 11.0. The lowest BCUT2D eigenvalue weighted by molar-refractivity contribution is -0.164. The van der Waals surface area contributed by atoms with Crippen LogP contribution in [0.2, 0.25) is 5.02 Å². The van der Waals surface area contributed by atoms with Crippen LogP contribution in [0.1, 0.15) is 112 Å². The van der Waals surface area contributed by atoms with Crippen molar-refractivity contribution in [2.24, 2.45) is 16.7 Å². The number of hydrogen-bond acceptors (Lipinski definition) is 12. The number of methoxy groups -OCH3 is 1. The van der Waals surface area contributed by atoms with Gasteiger partial charge in [0.25, 0.3) is 11.8 Å². The maximum Gasteiger partial charge on any atom is 0.271 e. The fraction of sp³-hybridized carbons (Fsp3) is 0.553. The molecule has 4 amide bonds. The molecule has 2 N–H and O–H groups in total. The Bertz CT molecular complexity index is 2300. The summed E-state index contributed by atoms with van der Waals surface area (Å²) in [7, 11) is 1.57. The van der Waals surface area contributed by atoms with Crippen molar-refractivity contribution in [3.8, 4) is 23.3 Å². The molecule has 2 saturated heterocycles. The van der Waals surface area contributed by atoms with Crippen molar-refractivity contribution in [3.05, 3.63) is 70.1 Å². The molecule has 1 atom stereocenters. The van der Waals surface area contributed by atoms with Gasteiger partial charge in [0.05, 0.1) is 36.6 Å². The van der Waals surface area contributed by atoms with Gasteiger partial charge >= 0.3 is 0 Å². The number of anilines is 1. The van der Waals surface area contributed by atoms with Gasteiger partial charge in [-0.05, 0) is 63.3 Å². The monoisotopic (exact) mass is 880 g/mol. The van der Waals surface area contributed by atoms with Crippen molar-refractivity contribution < 1.29 is 33.4 Å². The minimum absolute atomic E-state index is 0.00907. The number of amides is 4. The molecule has 2 saturated carbocycles. The molecule has 3 aliphatic heterocycles. The first kappa shape index (κ1) is 44.2. The van der Waals surface area contributed by atoms with E-state index in [2.05, 4.69) is 78.0 Å². The zero-order valence-electron chi connectivity index (χ0n) is 37.1. The summed E-state index contributed by atoms with van der Waals surface area (Å²) >= 11 is 6.26. The number of aromatic nitrogens is 2. The molecular formula is C47H57ClN8O7. The predicted molar refractivity (Wildman–Crippen MR) is 235 cm³/mol. The van der Waals surface area contributed by atoms with Crippen molar-refractivity contribution in [1.82, 2.24) is 30.4 Å². The summed E-state index contributed by atoms with van der Waals surface area (Å²) in [5.74, 6) is 1.69. The van der Waals surface area contributed by atoms with Crippen LogP contribution in [0.15, 0.2) is 42.7 Å². The fourth-order valence-electron chi connectivity index (χ4n) is 10.8. The van der Waals surface area contributed by atoms with E-state index in [1.807, 2.05) is 0 Å². The number of nitrogens with zero attached hydrogens (tertiary/aromatic N) is 6. The van der Waals surface area contributed by atoms with Gasteiger partial charge in [0.2, 0.25) is 11.8 Å². The van der Waals surface area contributed by atoms with Crippen LogP contribution in [0.3, 0.4) is 0 Å². The Morgan fingerprint density at radius 2 is 1.76 bits per heavy atom. The van der Waals surface area contributed by atoms with Gasteiger partial charge in [-0.15, -0.1) is 0 Å². The van der Waals surface area contributed by atoms with Crippen LogP contribution in [0.5, 0.6) is 17.2 Å². The molecule has 4 fully saturated rings. The van der Waals surface area contributed by atoms with Crippen molar-refractivity contribution in [3.63, 3.8) is 0 Å². The number of ether oxygens (including phenoxy) is 3. The van der Waals surface area contributed by atoms with E-state index in [0.717, 1.165) is 51.1 Å². The van der Waals surface area contributed by atoms with Gasteiger partial charge in [-0.25, -0.2) is 9.97 Å². The summed E-state index contributed by atoms with van der Waals surface area (Å²) in [6, 6.07) is 10.5. The Morgan fingerprint density at radius 3 is 2.38 bits per heavy atom. The van der Waals surface area contributed by atoms with E-state index in [9.17, 15) is 24.4 Å². The molecule has 63 heavy (non-hydrogen) atoms. The molecule has 0 bridgehead atoms. The van der Waals surface area contributed by atoms with Crippen LogP contribution in [-0.2, 0) is 16.1 Å². The van der Waals surface area contributed by atoms with Crippen LogP contribution in [0.4, 0.5) is 5.82 Å². The SMILES string of the molecule is COc1c(O[C@H]2C[C@H](N(CC3CCN(c4cnc(C(=O)N[C@H]5C(C)(C)[C@H](Oc6ccc(C#N)c(Cl)c6)C5(C)C)cn4)CC3)C(C)C)C2)ccc2c1CN(C1CCC(=O)NC1=O)C2=O. The van der Waals surface area contributed by atoms with Gasteiger partial charge < -0.3 is 29.3 Å². The molecule has 1 aromatic heterocycles. The molecule has 2 aliphatic carbocycles. The van der Waals surface area contributed by atoms with Gasteiger partial charge in [-0.2, -0.15) is 5.26 Å². The number of benzene rings is 2. The van der Waals surface area contributed by atoms with E-state index in [0.29, 0.717) is 63.4 Å². The first-order valence-electron chi connectivity index (χ1n) is 22.0. The summed E-state index contributed by atoms with van der Waals surface area (Å²) in [4.78, 5) is 66.7. The summed E-state index contributed by atoms with van der Waals surface area (Å²) in [5.41, 5.74) is 1.05. The molecule has 1 unspecified atom stereocenters. The van der Waals surface area contributed by atoms with E-state index < -0.39 is 22.8 Å². The van der Waals surface area contributed by atoms with E-state index in [-0.39, 0.29) is 54.6 Å². The zero-order chi connectivity index (χ0) is 45.0. The van der Waals surface area contributed by atoms with Crippen LogP contribution in [0, 0.1) is 28.1 Å². The van der Waals surface area contributed by atoms with Crippen LogP contribution in [0.25, 0.3) is 0 Å². The number of nitrogens with one attached hydrogen (secondary N) is 2. The third-order valence-corrected chi connectivity index (χ3v) is 14.4. The minimum atomic E-state index is -0.696. The Labute approximate surface area is 373 Å². The second-order valence-electron chi connectivity index (χ2n) is 19.2. The molecule has 334 valence electrons. The molecule has 16 heteroatoms. The predicted octanol–water partition coefficient (Wildman–Crippen LogP) is 5.92. The number of halogens is 1. The maximum absolute atomic E-state index is 13.5. The van der Waals surface area contributed by atoms with Gasteiger partial charge in [-0.1, -0.05) is 39.3 Å². The second-order valence-corrected chi connectivity index (χ2v) is 19.6. The highest BCUT2D eigenvalue weighted by atomic mass is 35.5. The van der Waals surface area contributed by atoms with Gasteiger partial charge in [0.15, 0.2) is 11.5 Å². The molecule has 3 aromatic rings. The summed E-state index contributed by atoms with van der Waals surface area (Å²) in [6.45, 7) is 15.7. The molecule has 8 rings (SSSR count). The van der Waals surface area contributed by atoms with E-state index in [1.54, 1.807) is 49.8 Å². The van der Waals surface area contributed by atoms with E-state index in [4.69, 9.17) is 25.8 Å². The maximum atomic E-state index is 13.5. The normalized spacial score (nSPS) is 25.2. The number of hydrogen-bond donors (Lipinski definition) is 2. The van der Waals surface area contributed by atoms with Crippen LogP contribution < -0.4 is 29.7 Å². The number of fused-ring (bicyclic) bond motifs is 1. The number of piperidine rings is 2. The standard InChI is InChI=1S/C47H57ClN8O7/c1-26(2)55(29-18-31(19-29)62-37-12-10-32-33(40(37)61-7)25-56(43(32)60)36-11-13-39(57)52-42(36)59)24-27-14-16-54(17-15-27)38-23-50-35(22-51-38)41(58)53-44-46(3,4)45(47(44,5)6)63-30-9-8-28(21-49)34(48)20-30/h8-10,12,20,22-23,26-27,29,31,36,44-45H,11,13-19,24-25H2,1-7H3,(H,53,58)(H,52,57,59)/t29-,31-,36?,44-,45-. The quantitative estimate of drug-likeness (QED) is 0.194. The Kier molecular flexibility index (Phi) is 12.1. The van der Waals surface area contributed by atoms with Crippen LogP contribution >= 0.6 is 11.6 Å². The van der Waals surface area contributed by atoms with Crippen LogP contribution in [-0.4, -0.2) is 107 Å². The number of rotatable bonds is 13. The molecule has 0 spiro atoms. The number of carbonyl (C=O) groups is 4. The largest absolute Gasteiger partial charge is 0.492 e. The average Bonchev–Trinajstić information content (AvgIpc) is 3.57. The van der Waals surface area contributed by atoms with E-state index >= 15 is 0 Å². The van der Waals surface area contributed by atoms with Crippen molar-refractivity contribution in [2.45, 2.75) is 123 Å². The van der Waals surface area contributed by atoms with E-state index in [1.165, 1.54) is 4.90 Å². The summed E-state index contributed by atoms with van der Waals surface area (Å²) in [6.07, 6.45) is 7.35. The summed E-state index contributed by atoms with van der Waals surface area (Å²) < 4.78 is 18.7. The number of nitriles is 1. The third-order valence-electron chi connectivity index (χ3n) is 14.0. The molecule has 0 radical (unpaired) electrons. The second kappa shape index (κ2) is 17.3. The first-order chi connectivity index (χ1) is 30.0. The van der Waals surface area contributed by atoms with Gasteiger partial charge in [0.1, 0.15) is 41.6 Å². The molecule has 5 aliphatic rings. The highest BCUT2D eigenvalue weighted by Crippen LogP contribution is 2.55. The molecule has 2 aromatic carbocycles. The van der Waals surface area contributed by atoms with Crippen molar-refractivity contribution in [1.29, 1.82) is 5.26 Å². The topological polar surface area (TPSA) is 179 Å². The first-order valence-corrected chi connectivity index (χ1v) is 22.4. The van der Waals surface area contributed by atoms with Crippen molar-refractivity contribution in [2.75, 3.05) is 31.6 Å². The van der Waals surface area contributed by atoms with Gasteiger partial charge in [-0.3, -0.25) is 29.4 Å². The summed E-state index contributed by atoms with van der Waals surface area (Å²) in [5, 5.41) is 15.1. The molecule has 4 heterocycles. The molecule has 15 nitrogen and oxygen atoms in total. The highest BCUT2D eigenvalue weighted by molar-refractivity contribution is 6.31. The Hall–Kier alpha value is -5.46. The lowest BCUT2D eigenvalue weighted by Crippen LogP contribution is -2.74. The minimum Gasteiger partial charge on any atom is -0.492 e. The third kappa shape index (κ3) is 8.40. The highest BCUT2D eigenvalue weighted by Gasteiger charge is 2.64. The van der Waals surface area contributed by atoms with Crippen molar-refractivity contribution >= 4 is 41.0 Å². The van der Waals surface area contributed by atoms with Gasteiger partial charge in [0, 0.05) is 85.0 Å². The lowest BCUT2D eigenvalue weighted by Gasteiger charge is -2.63. The smallest absolute Gasteiger partial charge is 0.271 e. The number of imide groups is 1. The Balaban J connectivity index is 0.804. The zero-order valence-corrected chi connectivity index (χ0v) is 37.8. The number of carbonyl (C=O) groups excluding carboxylic acids is 4. The Morgan fingerprint density at radius 1 is 1.03 bits per heavy atom. The molecular weight excluding hydrogens is 824 g/mol.